The smallest absolute Gasteiger partial charge is 0.191 e. The second-order valence-corrected chi connectivity index (χ2v) is 6.64. The van der Waals surface area contributed by atoms with E-state index in [1.54, 1.807) is 12.7 Å². The van der Waals surface area contributed by atoms with Crippen molar-refractivity contribution in [1.82, 2.24) is 30.3 Å². The van der Waals surface area contributed by atoms with Crippen molar-refractivity contribution in [2.75, 3.05) is 26.7 Å². The van der Waals surface area contributed by atoms with Crippen molar-refractivity contribution in [2.45, 2.75) is 38.9 Å². The van der Waals surface area contributed by atoms with Gasteiger partial charge in [0, 0.05) is 26.2 Å². The van der Waals surface area contributed by atoms with E-state index < -0.39 is 0 Å². The largest absolute Gasteiger partial charge is 0.355 e. The minimum atomic E-state index is 0. The lowest BCUT2D eigenvalue weighted by atomic mass is 10.1. The molecule has 0 amide bonds. The molecular formula is C19H30IN7. The van der Waals surface area contributed by atoms with E-state index in [0.717, 1.165) is 32.1 Å². The highest BCUT2D eigenvalue weighted by Crippen LogP contribution is 2.15. The van der Waals surface area contributed by atoms with Crippen LogP contribution in [0.4, 0.5) is 0 Å². The van der Waals surface area contributed by atoms with E-state index in [1.807, 2.05) is 11.7 Å². The Balaban J connectivity index is 0.00000261. The zero-order chi connectivity index (χ0) is 18.2. The van der Waals surface area contributed by atoms with Gasteiger partial charge in [0.05, 0.1) is 6.54 Å². The molecule has 1 aromatic heterocycles. The van der Waals surface area contributed by atoms with Crippen molar-refractivity contribution >= 4 is 29.9 Å². The summed E-state index contributed by atoms with van der Waals surface area (Å²) in [6.45, 7) is 6.99. The summed E-state index contributed by atoms with van der Waals surface area (Å²) in [5.41, 5.74) is 2.43. The summed E-state index contributed by atoms with van der Waals surface area (Å²) in [6, 6.07) is 9.12. The maximum absolute atomic E-state index is 4.35. The lowest BCUT2D eigenvalue weighted by Gasteiger charge is -2.24. The number of rotatable bonds is 7. The van der Waals surface area contributed by atoms with E-state index in [4.69, 9.17) is 0 Å². The van der Waals surface area contributed by atoms with Gasteiger partial charge in [-0.05, 0) is 37.1 Å². The molecule has 1 aromatic carbocycles. The van der Waals surface area contributed by atoms with Crippen molar-refractivity contribution in [3.8, 4) is 0 Å². The van der Waals surface area contributed by atoms with Crippen molar-refractivity contribution in [3.05, 3.63) is 48.0 Å². The molecule has 148 valence electrons. The minimum Gasteiger partial charge on any atom is -0.355 e. The molecular weight excluding hydrogens is 453 g/mol. The van der Waals surface area contributed by atoms with E-state index in [9.17, 15) is 0 Å². The zero-order valence-corrected chi connectivity index (χ0v) is 18.5. The van der Waals surface area contributed by atoms with Gasteiger partial charge < -0.3 is 10.6 Å². The molecule has 1 atom stereocenters. The summed E-state index contributed by atoms with van der Waals surface area (Å²) >= 11 is 0. The molecule has 7 nitrogen and oxygen atoms in total. The molecule has 27 heavy (non-hydrogen) atoms. The predicted molar refractivity (Wildman–Crippen MR) is 119 cm³/mol. The first-order valence-electron chi connectivity index (χ1n) is 9.37. The molecule has 8 heteroatoms. The highest BCUT2D eigenvalue weighted by Gasteiger charge is 2.22. The monoisotopic (exact) mass is 483 g/mol. The van der Waals surface area contributed by atoms with E-state index in [2.05, 4.69) is 61.8 Å². The Bertz CT molecular complexity index is 702. The molecule has 1 aliphatic heterocycles. The number of nitrogens with one attached hydrogen (secondary N) is 2. The molecule has 2 aromatic rings. The molecule has 1 saturated heterocycles. The third-order valence-corrected chi connectivity index (χ3v) is 4.90. The second-order valence-electron chi connectivity index (χ2n) is 6.64. The van der Waals surface area contributed by atoms with Crippen molar-refractivity contribution in [3.63, 3.8) is 0 Å². The maximum Gasteiger partial charge on any atom is 0.191 e. The summed E-state index contributed by atoms with van der Waals surface area (Å²) in [5, 5.41) is 11.0. The number of hydrogen-bond donors (Lipinski definition) is 2. The fraction of sp³-hybridized carbons (Fsp3) is 0.526. The Morgan fingerprint density at radius 3 is 2.89 bits per heavy atom. The second kappa shape index (κ2) is 11.2. The van der Waals surface area contributed by atoms with Crippen LogP contribution in [0.1, 0.15) is 30.9 Å². The number of guanidine groups is 1. The minimum absolute atomic E-state index is 0. The molecule has 2 N–H and O–H groups in total. The Hall–Kier alpha value is -1.68. The van der Waals surface area contributed by atoms with Gasteiger partial charge in [-0.25, -0.2) is 9.67 Å². The number of aliphatic imine (C=N–C) groups is 1. The Labute approximate surface area is 178 Å². The number of benzene rings is 1. The Morgan fingerprint density at radius 1 is 1.30 bits per heavy atom. The van der Waals surface area contributed by atoms with Crippen LogP contribution in [0.25, 0.3) is 0 Å². The molecule has 0 radical (unpaired) electrons. The van der Waals surface area contributed by atoms with E-state index in [0.29, 0.717) is 6.04 Å². The fourth-order valence-electron chi connectivity index (χ4n) is 3.50. The van der Waals surface area contributed by atoms with Crippen LogP contribution in [0.5, 0.6) is 0 Å². The average molecular weight is 483 g/mol. The van der Waals surface area contributed by atoms with Gasteiger partial charge in [0.25, 0.3) is 0 Å². The number of aromatic nitrogens is 3. The van der Waals surface area contributed by atoms with Crippen LogP contribution >= 0.6 is 24.0 Å². The van der Waals surface area contributed by atoms with Crippen molar-refractivity contribution in [1.29, 1.82) is 0 Å². The van der Waals surface area contributed by atoms with Crippen molar-refractivity contribution < 1.29 is 0 Å². The normalized spacial score (nSPS) is 17.6. The number of nitrogens with zero attached hydrogens (tertiary/aromatic N) is 5. The first-order chi connectivity index (χ1) is 12.8. The molecule has 3 rings (SSSR count). The molecule has 2 heterocycles. The maximum atomic E-state index is 4.35. The predicted octanol–water partition coefficient (Wildman–Crippen LogP) is 2.09. The third-order valence-electron chi connectivity index (χ3n) is 4.90. The highest BCUT2D eigenvalue weighted by molar-refractivity contribution is 14.0. The zero-order valence-electron chi connectivity index (χ0n) is 16.1. The number of halogens is 1. The van der Waals surface area contributed by atoms with Gasteiger partial charge in [0.15, 0.2) is 5.96 Å². The van der Waals surface area contributed by atoms with Crippen LogP contribution in [0.2, 0.25) is 0 Å². The summed E-state index contributed by atoms with van der Waals surface area (Å²) in [4.78, 5) is 10.9. The molecule has 0 bridgehead atoms. The van der Waals surface area contributed by atoms with Crippen LogP contribution in [0.15, 0.2) is 41.9 Å². The fourth-order valence-corrected chi connectivity index (χ4v) is 3.50. The van der Waals surface area contributed by atoms with Gasteiger partial charge in [-0.2, -0.15) is 5.10 Å². The average Bonchev–Trinajstić information content (AvgIpc) is 3.33. The van der Waals surface area contributed by atoms with Crippen LogP contribution < -0.4 is 10.6 Å². The standard InChI is InChI=1S/C19H29N7.HI/c1-3-25-9-5-8-18(25)12-23-19(20-2)22-11-16-6-4-7-17(10-16)13-26-15-21-14-24-26;/h4,6-7,10,14-15,18H,3,5,8-9,11-13H2,1-2H3,(H2,20,22,23);1H. The lowest BCUT2D eigenvalue weighted by Crippen LogP contribution is -2.44. The molecule has 1 fully saturated rings. The summed E-state index contributed by atoms with van der Waals surface area (Å²) < 4.78 is 1.83. The third kappa shape index (κ3) is 6.46. The van der Waals surface area contributed by atoms with Gasteiger partial charge >= 0.3 is 0 Å². The first kappa shape index (κ1) is 21.6. The van der Waals surface area contributed by atoms with Crippen LogP contribution in [0, 0.1) is 0 Å². The summed E-state index contributed by atoms with van der Waals surface area (Å²) in [6.07, 6.45) is 5.86. The summed E-state index contributed by atoms with van der Waals surface area (Å²) in [7, 11) is 1.82. The Kier molecular flexibility index (Phi) is 8.99. The summed E-state index contributed by atoms with van der Waals surface area (Å²) in [5.74, 6) is 0.856. The van der Waals surface area contributed by atoms with Crippen molar-refractivity contribution in [2.24, 2.45) is 4.99 Å². The molecule has 0 spiro atoms. The molecule has 0 saturated carbocycles. The van der Waals surface area contributed by atoms with Crippen LogP contribution in [0.3, 0.4) is 0 Å². The molecule has 1 aliphatic rings. The van der Waals surface area contributed by atoms with Gasteiger partial charge in [0.1, 0.15) is 12.7 Å². The number of hydrogen-bond acceptors (Lipinski definition) is 4. The first-order valence-corrected chi connectivity index (χ1v) is 9.37. The quantitative estimate of drug-likeness (QED) is 0.359. The van der Waals surface area contributed by atoms with E-state index in [1.165, 1.54) is 30.5 Å². The SMILES string of the molecule is CCN1CCCC1CNC(=NC)NCc1cccc(Cn2cncn2)c1.I. The Morgan fingerprint density at radius 2 is 2.15 bits per heavy atom. The van der Waals surface area contributed by atoms with Crippen LogP contribution in [-0.2, 0) is 13.1 Å². The van der Waals surface area contributed by atoms with E-state index in [-0.39, 0.29) is 24.0 Å². The van der Waals surface area contributed by atoms with Gasteiger partial charge in [0.2, 0.25) is 0 Å². The van der Waals surface area contributed by atoms with Crippen LogP contribution in [-0.4, -0.2) is 58.3 Å². The topological polar surface area (TPSA) is 70.4 Å². The highest BCUT2D eigenvalue weighted by atomic mass is 127. The number of likely N-dealkylation sites (tertiary alicyclic amines) is 1. The lowest BCUT2D eigenvalue weighted by molar-refractivity contribution is 0.267. The molecule has 1 unspecified atom stereocenters. The van der Waals surface area contributed by atoms with Gasteiger partial charge in [-0.3, -0.25) is 9.89 Å². The van der Waals surface area contributed by atoms with E-state index >= 15 is 0 Å². The molecule has 0 aliphatic carbocycles. The van der Waals surface area contributed by atoms with Gasteiger partial charge in [-0.15, -0.1) is 24.0 Å². The number of likely N-dealkylation sites (N-methyl/N-ethyl adjacent to an activating group) is 1. The van der Waals surface area contributed by atoms with Gasteiger partial charge in [-0.1, -0.05) is 31.2 Å².